The number of nitrogens with zero attached hydrogens (tertiary/aromatic N) is 1. The molecule has 1 aliphatic rings. The summed E-state index contributed by atoms with van der Waals surface area (Å²) in [4.78, 5) is 13.7. The summed E-state index contributed by atoms with van der Waals surface area (Å²) in [5, 5.41) is 3.23. The molecule has 1 aliphatic heterocycles. The van der Waals surface area contributed by atoms with E-state index < -0.39 is 10.8 Å². The number of rotatable bonds is 4. The van der Waals surface area contributed by atoms with Gasteiger partial charge in [0.2, 0.25) is 5.91 Å². The number of hydrogen-bond donors (Lipinski definition) is 1. The summed E-state index contributed by atoms with van der Waals surface area (Å²) in [7, 11) is -0.856. The van der Waals surface area contributed by atoms with Gasteiger partial charge in [-0.05, 0) is 20.3 Å². The van der Waals surface area contributed by atoms with E-state index in [0.717, 1.165) is 6.42 Å². The van der Waals surface area contributed by atoms with Crippen molar-refractivity contribution >= 4 is 16.7 Å². The Hall–Kier alpha value is -0.420. The molecule has 1 heterocycles. The maximum absolute atomic E-state index is 11.9. The Morgan fingerprint density at radius 2 is 2.20 bits per heavy atom. The van der Waals surface area contributed by atoms with E-state index in [1.165, 1.54) is 0 Å². The Kier molecular flexibility index (Phi) is 4.28. The second-order valence-corrected chi connectivity index (χ2v) is 5.63. The molecule has 0 aromatic rings. The molecular weight excluding hydrogens is 212 g/mol. The lowest BCUT2D eigenvalue weighted by molar-refractivity contribution is -0.131. The summed E-state index contributed by atoms with van der Waals surface area (Å²) in [5.41, 5.74) is 0. The van der Waals surface area contributed by atoms with Crippen LogP contribution in [0, 0.1) is 0 Å². The van der Waals surface area contributed by atoms with Crippen molar-refractivity contribution < 1.29 is 9.00 Å². The summed E-state index contributed by atoms with van der Waals surface area (Å²) in [5.74, 6) is 0.677. The van der Waals surface area contributed by atoms with E-state index in [0.29, 0.717) is 5.75 Å². The van der Waals surface area contributed by atoms with Crippen LogP contribution in [0.1, 0.15) is 27.2 Å². The first-order chi connectivity index (χ1) is 6.97. The second-order valence-electron chi connectivity index (χ2n) is 4.15. The fourth-order valence-electron chi connectivity index (χ4n) is 2.08. The molecule has 1 fully saturated rings. The lowest BCUT2D eigenvalue weighted by Gasteiger charge is -2.29. The third-order valence-electron chi connectivity index (χ3n) is 2.74. The molecule has 1 rings (SSSR count). The van der Waals surface area contributed by atoms with Gasteiger partial charge in [0.1, 0.15) is 0 Å². The quantitative estimate of drug-likeness (QED) is 0.759. The van der Waals surface area contributed by atoms with Crippen molar-refractivity contribution in [2.45, 2.75) is 45.4 Å². The van der Waals surface area contributed by atoms with Crippen LogP contribution in [0.2, 0.25) is 0 Å². The van der Waals surface area contributed by atoms with Crippen LogP contribution < -0.4 is 5.32 Å². The molecule has 88 valence electrons. The molecule has 0 spiro atoms. The molecule has 4 unspecified atom stereocenters. The highest BCUT2D eigenvalue weighted by Crippen LogP contribution is 2.17. The zero-order valence-corrected chi connectivity index (χ0v) is 10.6. The molecule has 0 radical (unpaired) electrons. The van der Waals surface area contributed by atoms with E-state index >= 15 is 0 Å². The van der Waals surface area contributed by atoms with Crippen molar-refractivity contribution in [3.8, 4) is 0 Å². The first kappa shape index (κ1) is 12.6. The molecule has 0 aromatic heterocycles. The van der Waals surface area contributed by atoms with Gasteiger partial charge in [-0.3, -0.25) is 14.3 Å². The van der Waals surface area contributed by atoms with E-state index in [9.17, 15) is 9.00 Å². The fraction of sp³-hybridized carbons (Fsp3) is 0.900. The van der Waals surface area contributed by atoms with Gasteiger partial charge in [0.25, 0.3) is 0 Å². The monoisotopic (exact) mass is 232 g/mol. The minimum Gasteiger partial charge on any atom is -0.322 e. The van der Waals surface area contributed by atoms with Gasteiger partial charge in [-0.1, -0.05) is 6.92 Å². The summed E-state index contributed by atoms with van der Waals surface area (Å²) in [6.45, 7) is 5.88. The summed E-state index contributed by atoms with van der Waals surface area (Å²) in [6.07, 6.45) is 2.66. The van der Waals surface area contributed by atoms with E-state index in [2.05, 4.69) is 5.32 Å². The molecule has 15 heavy (non-hydrogen) atoms. The van der Waals surface area contributed by atoms with Crippen molar-refractivity contribution in [1.29, 1.82) is 0 Å². The van der Waals surface area contributed by atoms with Crippen LogP contribution in [-0.2, 0) is 15.6 Å². The van der Waals surface area contributed by atoms with Gasteiger partial charge in [-0.25, -0.2) is 0 Å². The minimum absolute atomic E-state index is 0.0470. The van der Waals surface area contributed by atoms with Gasteiger partial charge in [0, 0.05) is 28.9 Å². The zero-order valence-electron chi connectivity index (χ0n) is 9.82. The first-order valence-electron chi connectivity index (χ1n) is 5.35. The lowest BCUT2D eigenvalue weighted by atomic mass is 10.2. The molecule has 0 aliphatic carbocycles. The number of hydrogen-bond acceptors (Lipinski definition) is 3. The smallest absolute Gasteiger partial charge is 0.240 e. The van der Waals surface area contributed by atoms with E-state index in [1.807, 2.05) is 25.7 Å². The number of nitrogens with one attached hydrogen (secondary N) is 1. The maximum Gasteiger partial charge on any atom is 0.240 e. The molecule has 4 atom stereocenters. The molecule has 1 saturated heterocycles. The highest BCUT2D eigenvalue weighted by Gasteiger charge is 2.37. The Morgan fingerprint density at radius 3 is 2.67 bits per heavy atom. The Bertz CT molecular complexity index is 270. The Balaban J connectivity index is 2.72. The topological polar surface area (TPSA) is 49.4 Å². The van der Waals surface area contributed by atoms with Crippen molar-refractivity contribution in [2.24, 2.45) is 0 Å². The second kappa shape index (κ2) is 5.07. The van der Waals surface area contributed by atoms with E-state index in [4.69, 9.17) is 0 Å². The molecule has 0 aromatic carbocycles. The third-order valence-corrected chi connectivity index (χ3v) is 3.69. The van der Waals surface area contributed by atoms with Crippen LogP contribution in [0.5, 0.6) is 0 Å². The molecule has 4 nitrogen and oxygen atoms in total. The predicted molar refractivity (Wildman–Crippen MR) is 61.9 cm³/mol. The fourth-order valence-corrected chi connectivity index (χ4v) is 2.92. The highest BCUT2D eigenvalue weighted by atomic mass is 32.2. The number of carbonyl (C=O) groups is 1. The molecule has 1 amide bonds. The minimum atomic E-state index is -0.856. The van der Waals surface area contributed by atoms with Gasteiger partial charge in [-0.2, -0.15) is 0 Å². The summed E-state index contributed by atoms with van der Waals surface area (Å²) in [6, 6.07) is -0.0616. The normalized spacial score (nSPS) is 30.7. The van der Waals surface area contributed by atoms with Gasteiger partial charge >= 0.3 is 0 Å². The molecule has 5 heteroatoms. The Morgan fingerprint density at radius 1 is 1.60 bits per heavy atom. The standard InChI is InChI=1S/C10H20N2O2S/c1-5-9-11-8(3)10(13)12(9)7(2)6-15(4)14/h7-9,11H,5-6H2,1-4H3. The van der Waals surface area contributed by atoms with Crippen LogP contribution >= 0.6 is 0 Å². The molecule has 0 saturated carbocycles. The first-order valence-corrected chi connectivity index (χ1v) is 7.08. The van der Waals surface area contributed by atoms with Gasteiger partial charge in [0.15, 0.2) is 0 Å². The summed E-state index contributed by atoms with van der Waals surface area (Å²) >= 11 is 0. The number of amides is 1. The van der Waals surface area contributed by atoms with Gasteiger partial charge in [-0.15, -0.1) is 0 Å². The van der Waals surface area contributed by atoms with E-state index in [-0.39, 0.29) is 24.2 Å². The zero-order chi connectivity index (χ0) is 11.6. The van der Waals surface area contributed by atoms with Crippen LogP contribution in [-0.4, -0.2) is 45.3 Å². The van der Waals surface area contributed by atoms with Crippen LogP contribution in [0.25, 0.3) is 0 Å². The van der Waals surface area contributed by atoms with Crippen molar-refractivity contribution in [3.63, 3.8) is 0 Å². The Labute approximate surface area is 93.9 Å². The largest absolute Gasteiger partial charge is 0.322 e. The van der Waals surface area contributed by atoms with Crippen molar-refractivity contribution in [3.05, 3.63) is 0 Å². The van der Waals surface area contributed by atoms with Gasteiger partial charge < -0.3 is 4.90 Å². The van der Waals surface area contributed by atoms with Gasteiger partial charge in [0.05, 0.1) is 12.2 Å². The maximum atomic E-state index is 11.9. The van der Waals surface area contributed by atoms with Crippen LogP contribution in [0.3, 0.4) is 0 Å². The molecule has 1 N–H and O–H groups in total. The third kappa shape index (κ3) is 2.78. The van der Waals surface area contributed by atoms with Crippen molar-refractivity contribution in [2.75, 3.05) is 12.0 Å². The lowest BCUT2D eigenvalue weighted by Crippen LogP contribution is -2.45. The SMILES string of the molecule is CCC1NC(C)C(=O)N1C(C)CS(C)=O. The van der Waals surface area contributed by atoms with Crippen molar-refractivity contribution in [1.82, 2.24) is 10.2 Å². The summed E-state index contributed by atoms with van der Waals surface area (Å²) < 4.78 is 11.1. The van der Waals surface area contributed by atoms with E-state index in [1.54, 1.807) is 6.26 Å². The molecular formula is C10H20N2O2S. The molecule has 0 bridgehead atoms. The average molecular weight is 232 g/mol. The predicted octanol–water partition coefficient (Wildman–Crippen LogP) is 0.310. The van der Waals surface area contributed by atoms with Crippen LogP contribution in [0.4, 0.5) is 0 Å². The average Bonchev–Trinajstić information content (AvgIpc) is 2.41. The number of carbonyl (C=O) groups excluding carboxylic acids is 1. The highest BCUT2D eigenvalue weighted by molar-refractivity contribution is 7.84. The van der Waals surface area contributed by atoms with Crippen LogP contribution in [0.15, 0.2) is 0 Å².